The summed E-state index contributed by atoms with van der Waals surface area (Å²) in [5.41, 5.74) is 18.6. The number of anilines is 3. The molecule has 314 valence electrons. The third-order valence-corrected chi connectivity index (χ3v) is 14.1. The van der Waals surface area contributed by atoms with E-state index in [1.807, 2.05) is 0 Å². The molecule has 0 bridgehead atoms. The molecule has 2 heteroatoms. The van der Waals surface area contributed by atoms with Gasteiger partial charge in [-0.25, -0.2) is 0 Å². The van der Waals surface area contributed by atoms with E-state index in [2.05, 4.69) is 276 Å². The summed E-state index contributed by atoms with van der Waals surface area (Å²) in [6, 6.07) is 98.1. The Morgan fingerprint density at radius 1 is 0.328 bits per heavy atom. The zero-order valence-electron chi connectivity index (χ0n) is 36.8. The van der Waals surface area contributed by atoms with E-state index in [0.29, 0.717) is 0 Å². The smallest absolute Gasteiger partial charge is 0.0734 e. The SMILES string of the molecule is c1ccc(-c2ccc(N(c3ccccc3-c3ccc4c5ccccc5n(-c5cccc6c5C(c5ccccc5)(c5ccccc5)c5ccccc5-6)c4c3)c3cccc4ccccc34)cc2)cc1. The van der Waals surface area contributed by atoms with Gasteiger partial charge in [0.05, 0.1) is 33.5 Å². The molecule has 0 fully saturated rings. The van der Waals surface area contributed by atoms with E-state index < -0.39 is 5.41 Å². The fourth-order valence-electron chi connectivity index (χ4n) is 11.2. The molecule has 0 amide bonds. The maximum atomic E-state index is 2.55. The molecule has 0 N–H and O–H groups in total. The van der Waals surface area contributed by atoms with Crippen molar-refractivity contribution >= 4 is 49.6 Å². The van der Waals surface area contributed by atoms with E-state index in [4.69, 9.17) is 0 Å². The zero-order valence-corrected chi connectivity index (χ0v) is 36.8. The van der Waals surface area contributed by atoms with Crippen LogP contribution in [0, 0.1) is 0 Å². The van der Waals surface area contributed by atoms with Crippen molar-refractivity contribution in [2.75, 3.05) is 4.90 Å². The lowest BCUT2D eigenvalue weighted by atomic mass is 9.67. The third-order valence-electron chi connectivity index (χ3n) is 14.1. The number of nitrogens with zero attached hydrogens (tertiary/aromatic N) is 2. The van der Waals surface area contributed by atoms with E-state index >= 15 is 0 Å². The quantitative estimate of drug-likeness (QED) is 0.148. The highest BCUT2D eigenvalue weighted by Crippen LogP contribution is 2.58. The highest BCUT2D eigenvalue weighted by atomic mass is 15.1. The molecule has 0 saturated heterocycles. The Balaban J connectivity index is 1.06. The minimum atomic E-state index is -0.567. The maximum Gasteiger partial charge on any atom is 0.0734 e. The van der Waals surface area contributed by atoms with Crippen molar-refractivity contribution in [3.63, 3.8) is 0 Å². The number of fused-ring (bicyclic) bond motifs is 7. The van der Waals surface area contributed by atoms with E-state index in [1.165, 1.54) is 77.3 Å². The second-order valence-electron chi connectivity index (χ2n) is 17.6. The first-order chi connectivity index (χ1) is 33.3. The van der Waals surface area contributed by atoms with Crippen LogP contribution in [0.1, 0.15) is 22.3 Å². The Bertz CT molecular complexity index is 3750. The molecule has 11 aromatic carbocycles. The third kappa shape index (κ3) is 6.04. The topological polar surface area (TPSA) is 8.17 Å². The van der Waals surface area contributed by atoms with Gasteiger partial charge in [-0.3, -0.25) is 0 Å². The molecule has 0 atom stereocenters. The standard InChI is InChI=1S/C65H44N2/c1-4-20-45(21-5-1)46-38-41-51(42-39-46)66(60-36-18-23-47-22-10-11-28-52(47)60)59-34-16-13-29-53(59)48-40-43-56-55-31-14-17-35-61(55)67(63(56)44-48)62-37-19-32-57-54-30-12-15-33-58(54)65(64(57)62,49-24-6-2-7-25-49)50-26-8-3-9-27-50/h1-44H. The molecule has 1 heterocycles. The molecular formula is C65H44N2. The van der Waals surface area contributed by atoms with Crippen molar-refractivity contribution in [2.45, 2.75) is 5.41 Å². The predicted octanol–water partition coefficient (Wildman–Crippen LogP) is 17.1. The lowest BCUT2D eigenvalue weighted by Gasteiger charge is -2.35. The largest absolute Gasteiger partial charge is 0.309 e. The summed E-state index contributed by atoms with van der Waals surface area (Å²) in [4.78, 5) is 2.45. The molecule has 1 aromatic heterocycles. The predicted molar refractivity (Wildman–Crippen MR) is 281 cm³/mol. The second-order valence-corrected chi connectivity index (χ2v) is 17.6. The van der Waals surface area contributed by atoms with Crippen molar-refractivity contribution in [1.29, 1.82) is 0 Å². The van der Waals surface area contributed by atoms with Crippen molar-refractivity contribution in [3.8, 4) is 39.1 Å². The molecule has 0 radical (unpaired) electrons. The average molecular weight is 853 g/mol. The molecule has 12 aromatic rings. The van der Waals surface area contributed by atoms with Crippen LogP contribution >= 0.6 is 0 Å². The first kappa shape index (κ1) is 38.7. The molecule has 0 aliphatic heterocycles. The lowest BCUT2D eigenvalue weighted by molar-refractivity contribution is 0.762. The Hall–Kier alpha value is -8.72. The number of hydrogen-bond donors (Lipinski definition) is 0. The number of aromatic nitrogens is 1. The summed E-state index contributed by atoms with van der Waals surface area (Å²) >= 11 is 0. The minimum absolute atomic E-state index is 0.567. The highest BCUT2D eigenvalue weighted by molar-refractivity contribution is 6.11. The van der Waals surface area contributed by atoms with E-state index in [-0.39, 0.29) is 0 Å². The Morgan fingerprint density at radius 3 is 1.64 bits per heavy atom. The molecule has 0 unspecified atom stereocenters. The van der Waals surface area contributed by atoms with Crippen LogP contribution in [-0.4, -0.2) is 4.57 Å². The second kappa shape index (κ2) is 15.8. The van der Waals surface area contributed by atoms with Gasteiger partial charge in [0.2, 0.25) is 0 Å². The van der Waals surface area contributed by atoms with Gasteiger partial charge in [-0.05, 0) is 92.4 Å². The van der Waals surface area contributed by atoms with Crippen molar-refractivity contribution in [1.82, 2.24) is 4.57 Å². The number of hydrogen-bond acceptors (Lipinski definition) is 1. The van der Waals surface area contributed by atoms with Gasteiger partial charge < -0.3 is 9.47 Å². The summed E-state index contributed by atoms with van der Waals surface area (Å²) in [6.45, 7) is 0. The maximum absolute atomic E-state index is 2.55. The number of rotatable bonds is 8. The van der Waals surface area contributed by atoms with E-state index in [9.17, 15) is 0 Å². The van der Waals surface area contributed by atoms with Gasteiger partial charge in [-0.1, -0.05) is 224 Å². The van der Waals surface area contributed by atoms with Crippen molar-refractivity contribution < 1.29 is 0 Å². The van der Waals surface area contributed by atoms with Crippen LogP contribution in [-0.2, 0) is 5.41 Å². The first-order valence-corrected chi connectivity index (χ1v) is 23.2. The molecule has 13 rings (SSSR count). The summed E-state index contributed by atoms with van der Waals surface area (Å²) in [5.74, 6) is 0. The van der Waals surface area contributed by atoms with E-state index in [1.54, 1.807) is 0 Å². The fraction of sp³-hybridized carbons (Fsp3) is 0.0154. The summed E-state index contributed by atoms with van der Waals surface area (Å²) in [7, 11) is 0. The number of para-hydroxylation sites is 2. The fourth-order valence-corrected chi connectivity index (χ4v) is 11.2. The van der Waals surface area contributed by atoms with Gasteiger partial charge in [0, 0.05) is 33.0 Å². The molecule has 0 saturated carbocycles. The van der Waals surface area contributed by atoms with Crippen LogP contribution in [0.15, 0.2) is 267 Å². The summed E-state index contributed by atoms with van der Waals surface area (Å²) < 4.78 is 2.55. The Kier molecular flexibility index (Phi) is 9.11. The molecule has 0 spiro atoms. The summed E-state index contributed by atoms with van der Waals surface area (Å²) in [5, 5.41) is 4.85. The van der Waals surface area contributed by atoms with Crippen LogP contribution in [0.3, 0.4) is 0 Å². The van der Waals surface area contributed by atoms with Crippen LogP contribution in [0.25, 0.3) is 71.6 Å². The minimum Gasteiger partial charge on any atom is -0.309 e. The monoisotopic (exact) mass is 852 g/mol. The Morgan fingerprint density at radius 2 is 0.866 bits per heavy atom. The van der Waals surface area contributed by atoms with Gasteiger partial charge >= 0.3 is 0 Å². The molecular weight excluding hydrogens is 809 g/mol. The van der Waals surface area contributed by atoms with Gasteiger partial charge in [-0.2, -0.15) is 0 Å². The summed E-state index contributed by atoms with van der Waals surface area (Å²) in [6.07, 6.45) is 0. The average Bonchev–Trinajstić information content (AvgIpc) is 3.91. The van der Waals surface area contributed by atoms with Gasteiger partial charge in [0.15, 0.2) is 0 Å². The normalized spacial score (nSPS) is 12.6. The van der Waals surface area contributed by atoms with Crippen LogP contribution < -0.4 is 4.90 Å². The van der Waals surface area contributed by atoms with Crippen LogP contribution in [0.5, 0.6) is 0 Å². The van der Waals surface area contributed by atoms with E-state index in [0.717, 1.165) is 33.7 Å². The van der Waals surface area contributed by atoms with Crippen molar-refractivity contribution in [2.24, 2.45) is 0 Å². The Labute approximate surface area is 390 Å². The first-order valence-electron chi connectivity index (χ1n) is 23.2. The van der Waals surface area contributed by atoms with Crippen LogP contribution in [0.2, 0.25) is 0 Å². The van der Waals surface area contributed by atoms with Gasteiger partial charge in [0.25, 0.3) is 0 Å². The van der Waals surface area contributed by atoms with Gasteiger partial charge in [-0.15, -0.1) is 0 Å². The van der Waals surface area contributed by atoms with Crippen LogP contribution in [0.4, 0.5) is 17.1 Å². The zero-order chi connectivity index (χ0) is 44.3. The lowest BCUT2D eigenvalue weighted by Crippen LogP contribution is -2.29. The molecule has 2 nitrogen and oxygen atoms in total. The number of benzene rings is 11. The molecule has 1 aliphatic carbocycles. The van der Waals surface area contributed by atoms with Crippen molar-refractivity contribution in [3.05, 3.63) is 289 Å². The molecule has 1 aliphatic rings. The highest BCUT2D eigenvalue weighted by Gasteiger charge is 2.48. The molecule has 67 heavy (non-hydrogen) atoms. The van der Waals surface area contributed by atoms with Gasteiger partial charge in [0.1, 0.15) is 0 Å².